The van der Waals surface area contributed by atoms with Crippen molar-refractivity contribution in [2.45, 2.75) is 13.0 Å². The minimum Gasteiger partial charge on any atom is -0.481 e. The van der Waals surface area contributed by atoms with Crippen LogP contribution in [-0.2, 0) is 16.1 Å². The smallest absolute Gasteiger partial charge is 0.307 e. The molecule has 1 aliphatic heterocycles. The summed E-state index contributed by atoms with van der Waals surface area (Å²) in [6.07, 6.45) is 0.614. The molecule has 0 spiro atoms. The topological polar surface area (TPSA) is 69.6 Å². The number of thiophene rings is 1. The van der Waals surface area contributed by atoms with Gasteiger partial charge in [0.2, 0.25) is 5.91 Å². The minimum absolute atomic E-state index is 0. The Morgan fingerprint density at radius 2 is 2.25 bits per heavy atom. The number of rotatable bonds is 5. The van der Waals surface area contributed by atoms with E-state index in [1.165, 1.54) is 11.3 Å². The highest BCUT2D eigenvalue weighted by atomic mass is 35.5. The molecule has 1 unspecified atom stereocenters. The van der Waals surface area contributed by atoms with Crippen LogP contribution in [0.4, 0.5) is 0 Å². The third kappa shape index (κ3) is 4.94. The van der Waals surface area contributed by atoms with Gasteiger partial charge in [-0.05, 0) is 25.1 Å². The van der Waals surface area contributed by atoms with E-state index < -0.39 is 5.97 Å². The molecule has 1 aromatic heterocycles. The largest absolute Gasteiger partial charge is 0.481 e. The zero-order chi connectivity index (χ0) is 13.8. The van der Waals surface area contributed by atoms with Crippen molar-refractivity contribution in [3.8, 4) is 0 Å². The van der Waals surface area contributed by atoms with E-state index in [2.05, 4.69) is 5.32 Å². The van der Waals surface area contributed by atoms with Crippen LogP contribution >= 0.6 is 35.3 Å². The van der Waals surface area contributed by atoms with Crippen molar-refractivity contribution in [1.82, 2.24) is 10.2 Å². The fourth-order valence-electron chi connectivity index (χ4n) is 2.07. The van der Waals surface area contributed by atoms with Crippen molar-refractivity contribution in [3.05, 3.63) is 21.3 Å². The molecule has 2 heterocycles. The molecule has 0 aromatic carbocycles. The zero-order valence-electron chi connectivity index (χ0n) is 10.7. The van der Waals surface area contributed by atoms with Gasteiger partial charge in [-0.15, -0.1) is 23.7 Å². The Kier molecular flexibility index (Phi) is 6.75. The number of nitrogens with zero attached hydrogens (tertiary/aromatic N) is 1. The molecule has 8 heteroatoms. The average molecular weight is 339 g/mol. The van der Waals surface area contributed by atoms with Crippen molar-refractivity contribution in [2.24, 2.45) is 5.92 Å². The summed E-state index contributed by atoms with van der Waals surface area (Å²) in [4.78, 5) is 25.4. The third-order valence-electron chi connectivity index (χ3n) is 3.08. The molecule has 1 amide bonds. The normalized spacial score (nSPS) is 18.6. The second-order valence-corrected chi connectivity index (χ2v) is 6.34. The molecule has 1 fully saturated rings. The predicted molar refractivity (Wildman–Crippen MR) is 80.6 cm³/mol. The monoisotopic (exact) mass is 338 g/mol. The average Bonchev–Trinajstić information content (AvgIpc) is 2.96. The number of likely N-dealkylation sites (tertiary alicyclic amines) is 1. The van der Waals surface area contributed by atoms with Gasteiger partial charge in [0.05, 0.1) is 23.3 Å². The highest BCUT2D eigenvalue weighted by Gasteiger charge is 2.28. The number of nitrogens with one attached hydrogen (secondary N) is 1. The van der Waals surface area contributed by atoms with Crippen molar-refractivity contribution in [2.75, 3.05) is 19.6 Å². The first-order chi connectivity index (χ1) is 9.04. The number of carboxylic acids is 1. The maximum atomic E-state index is 11.7. The summed E-state index contributed by atoms with van der Waals surface area (Å²) >= 11 is 7.24. The molecule has 1 aliphatic rings. The van der Waals surface area contributed by atoms with E-state index in [1.54, 1.807) is 6.07 Å². The van der Waals surface area contributed by atoms with Crippen molar-refractivity contribution < 1.29 is 14.7 Å². The van der Waals surface area contributed by atoms with Crippen LogP contribution in [0.15, 0.2) is 12.1 Å². The third-order valence-corrected chi connectivity index (χ3v) is 4.31. The van der Waals surface area contributed by atoms with E-state index in [4.69, 9.17) is 16.7 Å². The second kappa shape index (κ2) is 7.83. The van der Waals surface area contributed by atoms with E-state index in [1.807, 2.05) is 11.0 Å². The molecule has 0 radical (unpaired) electrons. The molecule has 5 nitrogen and oxygen atoms in total. The molecular weight excluding hydrogens is 323 g/mol. The minimum atomic E-state index is -0.781. The molecule has 0 saturated carbocycles. The Bertz CT molecular complexity index is 481. The first-order valence-electron chi connectivity index (χ1n) is 6.00. The molecule has 1 saturated heterocycles. The lowest BCUT2D eigenvalue weighted by molar-refractivity contribution is -0.141. The number of carbonyl (C=O) groups is 2. The molecule has 1 aromatic rings. The highest BCUT2D eigenvalue weighted by Crippen LogP contribution is 2.21. The SMILES string of the molecule is Cl.O=C(CN1CCC(C(=O)O)C1)NCc1ccc(Cl)s1. The number of hydrogen-bond acceptors (Lipinski definition) is 4. The number of carbonyl (C=O) groups excluding carboxylic acids is 1. The number of aliphatic carboxylic acids is 1. The summed E-state index contributed by atoms with van der Waals surface area (Å²) in [5.74, 6) is -1.21. The maximum absolute atomic E-state index is 11.7. The predicted octanol–water partition coefficient (Wildman–Crippen LogP) is 1.85. The first-order valence-corrected chi connectivity index (χ1v) is 7.20. The molecular formula is C12H16Cl2N2O3S. The summed E-state index contributed by atoms with van der Waals surface area (Å²) in [5, 5.41) is 11.7. The maximum Gasteiger partial charge on any atom is 0.307 e. The molecule has 20 heavy (non-hydrogen) atoms. The first kappa shape index (κ1) is 17.2. The number of carboxylic acid groups (broad SMARTS) is 1. The van der Waals surface area contributed by atoms with E-state index in [0.29, 0.717) is 30.4 Å². The van der Waals surface area contributed by atoms with Gasteiger partial charge in [-0.2, -0.15) is 0 Å². The van der Waals surface area contributed by atoms with Crippen molar-refractivity contribution in [1.29, 1.82) is 0 Å². The Morgan fingerprint density at radius 1 is 1.50 bits per heavy atom. The Hall–Kier alpha value is -0.820. The van der Waals surface area contributed by atoms with Gasteiger partial charge in [-0.3, -0.25) is 14.5 Å². The van der Waals surface area contributed by atoms with Gasteiger partial charge in [0.25, 0.3) is 0 Å². The molecule has 0 aliphatic carbocycles. The number of halogens is 2. The Labute approximate surface area is 132 Å². The standard InChI is InChI=1S/C12H15ClN2O3S.ClH/c13-10-2-1-9(19-10)5-14-11(16)7-15-4-3-8(6-15)12(17)18;/h1-2,8H,3-7H2,(H,14,16)(H,17,18);1H. The quantitative estimate of drug-likeness (QED) is 0.859. The van der Waals surface area contributed by atoms with Gasteiger partial charge in [0, 0.05) is 11.4 Å². The van der Waals surface area contributed by atoms with E-state index in [-0.39, 0.29) is 30.8 Å². The summed E-state index contributed by atoms with van der Waals surface area (Å²) in [5.41, 5.74) is 0. The molecule has 112 valence electrons. The van der Waals surface area contributed by atoms with E-state index in [0.717, 1.165) is 4.88 Å². The van der Waals surface area contributed by atoms with Gasteiger partial charge >= 0.3 is 5.97 Å². The Morgan fingerprint density at radius 3 is 2.80 bits per heavy atom. The summed E-state index contributed by atoms with van der Waals surface area (Å²) in [6, 6.07) is 3.68. The highest BCUT2D eigenvalue weighted by molar-refractivity contribution is 7.16. The molecule has 2 rings (SSSR count). The van der Waals surface area contributed by atoms with Gasteiger partial charge < -0.3 is 10.4 Å². The van der Waals surface area contributed by atoms with E-state index >= 15 is 0 Å². The van der Waals surface area contributed by atoms with Crippen LogP contribution in [0.2, 0.25) is 4.34 Å². The lowest BCUT2D eigenvalue weighted by Crippen LogP contribution is -2.36. The summed E-state index contributed by atoms with van der Waals surface area (Å²) in [6.45, 7) is 1.83. The van der Waals surface area contributed by atoms with Crippen LogP contribution in [0, 0.1) is 5.92 Å². The van der Waals surface area contributed by atoms with Gasteiger partial charge in [0.15, 0.2) is 0 Å². The lowest BCUT2D eigenvalue weighted by atomic mass is 10.1. The van der Waals surface area contributed by atoms with Gasteiger partial charge in [0.1, 0.15) is 0 Å². The molecule has 1 atom stereocenters. The van der Waals surface area contributed by atoms with Gasteiger partial charge in [-0.1, -0.05) is 11.6 Å². The fraction of sp³-hybridized carbons (Fsp3) is 0.500. The second-order valence-electron chi connectivity index (χ2n) is 4.54. The van der Waals surface area contributed by atoms with Crippen LogP contribution in [0.3, 0.4) is 0 Å². The lowest BCUT2D eigenvalue weighted by Gasteiger charge is -2.14. The van der Waals surface area contributed by atoms with Gasteiger partial charge in [-0.25, -0.2) is 0 Å². The Balaban J connectivity index is 0.00000200. The van der Waals surface area contributed by atoms with Crippen LogP contribution < -0.4 is 5.32 Å². The van der Waals surface area contributed by atoms with Crippen molar-refractivity contribution in [3.63, 3.8) is 0 Å². The van der Waals surface area contributed by atoms with Crippen LogP contribution in [0.1, 0.15) is 11.3 Å². The van der Waals surface area contributed by atoms with Crippen LogP contribution in [0.5, 0.6) is 0 Å². The van der Waals surface area contributed by atoms with Crippen LogP contribution in [0.25, 0.3) is 0 Å². The number of amides is 1. The molecule has 0 bridgehead atoms. The summed E-state index contributed by atoms with van der Waals surface area (Å²) < 4.78 is 0.702. The fourth-order valence-corrected chi connectivity index (χ4v) is 3.10. The van der Waals surface area contributed by atoms with Crippen LogP contribution in [-0.4, -0.2) is 41.5 Å². The number of hydrogen-bond donors (Lipinski definition) is 2. The van der Waals surface area contributed by atoms with Crippen molar-refractivity contribution >= 4 is 47.2 Å². The molecule has 2 N–H and O–H groups in total. The summed E-state index contributed by atoms with van der Waals surface area (Å²) in [7, 11) is 0. The zero-order valence-corrected chi connectivity index (χ0v) is 13.1. The van der Waals surface area contributed by atoms with E-state index in [9.17, 15) is 9.59 Å².